The molecule has 1 amide bonds. The second-order valence-corrected chi connectivity index (χ2v) is 11.3. The summed E-state index contributed by atoms with van der Waals surface area (Å²) in [5.41, 5.74) is 3.70. The molecule has 0 aliphatic heterocycles. The van der Waals surface area contributed by atoms with E-state index < -0.39 is 83.1 Å². The number of alkyl halides is 3. The summed E-state index contributed by atoms with van der Waals surface area (Å²) in [5.74, 6) is -11.2. The SMILES string of the molecule is CN(C)c1cc(-c2ccc(CC(F)(F)F)cc2)c(O)c2c1C[C@H]1C[C@H]3CC(=O)C(C(N)=O)C(=O)[C@@]3(O)C(=O)C1C2=O. The first kappa shape index (κ1) is 28.5. The van der Waals surface area contributed by atoms with Crippen molar-refractivity contribution in [2.24, 2.45) is 29.4 Å². The number of nitrogens with two attached hydrogens (primary N) is 1. The van der Waals surface area contributed by atoms with E-state index in [4.69, 9.17) is 5.73 Å². The van der Waals surface area contributed by atoms with Gasteiger partial charge < -0.3 is 20.8 Å². The van der Waals surface area contributed by atoms with Crippen LogP contribution in [-0.2, 0) is 32.0 Å². The molecule has 216 valence electrons. The normalized spacial score (nSPS) is 27.7. The Labute approximate surface area is 232 Å². The number of anilines is 1. The van der Waals surface area contributed by atoms with E-state index in [1.54, 1.807) is 25.1 Å². The molecule has 3 aliphatic carbocycles. The Kier molecular flexibility index (Phi) is 6.60. The predicted molar refractivity (Wildman–Crippen MR) is 138 cm³/mol. The van der Waals surface area contributed by atoms with E-state index in [2.05, 4.69) is 0 Å². The summed E-state index contributed by atoms with van der Waals surface area (Å²) in [6.07, 6.45) is -5.90. The summed E-state index contributed by atoms with van der Waals surface area (Å²) < 4.78 is 38.4. The van der Waals surface area contributed by atoms with Crippen LogP contribution in [0.4, 0.5) is 18.9 Å². The Bertz CT molecular complexity index is 1520. The van der Waals surface area contributed by atoms with Gasteiger partial charge in [-0.3, -0.25) is 24.0 Å². The van der Waals surface area contributed by atoms with Gasteiger partial charge in [0.15, 0.2) is 34.7 Å². The maximum atomic E-state index is 13.9. The van der Waals surface area contributed by atoms with Gasteiger partial charge in [-0.05, 0) is 41.5 Å². The zero-order chi connectivity index (χ0) is 30.2. The molecule has 41 heavy (non-hydrogen) atoms. The van der Waals surface area contributed by atoms with Crippen LogP contribution in [0.15, 0.2) is 30.3 Å². The molecule has 5 atom stereocenters. The van der Waals surface area contributed by atoms with Gasteiger partial charge in [0.25, 0.3) is 0 Å². The van der Waals surface area contributed by atoms with Crippen LogP contribution in [0.3, 0.4) is 0 Å². The van der Waals surface area contributed by atoms with Gasteiger partial charge in [0, 0.05) is 37.7 Å². The van der Waals surface area contributed by atoms with Crippen LogP contribution in [0.1, 0.15) is 34.3 Å². The number of phenols is 1. The van der Waals surface area contributed by atoms with E-state index >= 15 is 0 Å². The molecule has 0 spiro atoms. The first-order chi connectivity index (χ1) is 19.1. The molecule has 0 saturated heterocycles. The molecule has 2 unspecified atom stereocenters. The number of benzene rings is 2. The Morgan fingerprint density at radius 1 is 1.07 bits per heavy atom. The van der Waals surface area contributed by atoms with Crippen LogP contribution in [0.5, 0.6) is 5.75 Å². The molecule has 4 N–H and O–H groups in total. The Morgan fingerprint density at radius 3 is 2.27 bits per heavy atom. The summed E-state index contributed by atoms with van der Waals surface area (Å²) in [7, 11) is 3.40. The van der Waals surface area contributed by atoms with Crippen LogP contribution < -0.4 is 10.6 Å². The molecule has 0 aromatic heterocycles. The molecule has 2 aromatic carbocycles. The van der Waals surface area contributed by atoms with Crippen LogP contribution in [0.25, 0.3) is 11.1 Å². The summed E-state index contributed by atoms with van der Waals surface area (Å²) >= 11 is 0. The number of Topliss-reactive ketones (excluding diaryl/α,β-unsaturated/α-hetero) is 4. The highest BCUT2D eigenvalue weighted by atomic mass is 19.4. The highest BCUT2D eigenvalue weighted by Gasteiger charge is 2.66. The molecular weight excluding hydrogens is 545 g/mol. The number of aliphatic hydroxyl groups is 1. The van der Waals surface area contributed by atoms with Gasteiger partial charge in [-0.1, -0.05) is 24.3 Å². The lowest BCUT2D eigenvalue weighted by atomic mass is 9.53. The van der Waals surface area contributed by atoms with Crippen molar-refractivity contribution in [3.8, 4) is 16.9 Å². The third kappa shape index (κ3) is 4.41. The summed E-state index contributed by atoms with van der Waals surface area (Å²) in [4.78, 5) is 66.8. The number of aromatic hydroxyl groups is 1. The number of halogens is 3. The van der Waals surface area contributed by atoms with Crippen LogP contribution in [0, 0.1) is 23.7 Å². The lowest BCUT2D eigenvalue weighted by molar-refractivity contribution is -0.175. The summed E-state index contributed by atoms with van der Waals surface area (Å²) in [5, 5.41) is 22.7. The minimum atomic E-state index is -4.41. The molecule has 3 aliphatic rings. The fraction of sp³-hybridized carbons (Fsp3) is 0.414. The van der Waals surface area contributed by atoms with Crippen molar-refractivity contribution in [2.75, 3.05) is 19.0 Å². The molecule has 2 saturated carbocycles. The van der Waals surface area contributed by atoms with Crippen molar-refractivity contribution in [3.05, 3.63) is 47.0 Å². The fourth-order valence-corrected chi connectivity index (χ4v) is 6.67. The standard InChI is InChI=1S/C29H27F3N2O7/c1-34(2)18-10-16(13-5-3-12(4-6-13)11-28(30,31)32)23(36)21-17(18)8-14-7-15-9-19(35)22(27(33)40)26(39)29(15,41)25(38)20(14)24(21)37/h3-6,10,14-15,20,22,36,41H,7-9,11H2,1-2H3,(H2,33,40)/t14-,15+,20?,22?,29+/m1/s1. The highest BCUT2D eigenvalue weighted by molar-refractivity contribution is 6.31. The van der Waals surface area contributed by atoms with E-state index in [1.165, 1.54) is 24.3 Å². The maximum absolute atomic E-state index is 13.9. The number of carbonyl (C=O) groups is 5. The highest BCUT2D eigenvalue weighted by Crippen LogP contribution is 2.52. The third-order valence-electron chi connectivity index (χ3n) is 8.53. The molecule has 0 radical (unpaired) electrons. The van der Waals surface area contributed by atoms with Crippen molar-refractivity contribution in [2.45, 2.75) is 37.5 Å². The molecule has 12 heteroatoms. The van der Waals surface area contributed by atoms with Gasteiger partial charge in [0.1, 0.15) is 5.75 Å². The maximum Gasteiger partial charge on any atom is 0.393 e. The number of primary amides is 1. The van der Waals surface area contributed by atoms with Crippen LogP contribution >= 0.6 is 0 Å². The van der Waals surface area contributed by atoms with E-state index in [9.17, 15) is 47.4 Å². The zero-order valence-corrected chi connectivity index (χ0v) is 22.1. The summed E-state index contributed by atoms with van der Waals surface area (Å²) in [6, 6.07) is 6.91. The number of hydrogen-bond donors (Lipinski definition) is 3. The monoisotopic (exact) mass is 572 g/mol. The number of carbonyl (C=O) groups excluding carboxylic acids is 5. The van der Waals surface area contributed by atoms with E-state index in [-0.39, 0.29) is 29.5 Å². The zero-order valence-electron chi connectivity index (χ0n) is 22.1. The minimum Gasteiger partial charge on any atom is -0.507 e. The van der Waals surface area contributed by atoms with Gasteiger partial charge in [-0.2, -0.15) is 13.2 Å². The Balaban J connectivity index is 1.60. The molecule has 0 heterocycles. The first-order valence-electron chi connectivity index (χ1n) is 13.0. The van der Waals surface area contributed by atoms with Crippen molar-refractivity contribution < 1.29 is 47.4 Å². The van der Waals surface area contributed by atoms with Crippen LogP contribution in [-0.4, -0.2) is 65.1 Å². The lowest BCUT2D eigenvalue weighted by Crippen LogP contribution is -2.68. The van der Waals surface area contributed by atoms with Crippen LogP contribution in [0.2, 0.25) is 0 Å². The molecular formula is C29H27F3N2O7. The second-order valence-electron chi connectivity index (χ2n) is 11.3. The van der Waals surface area contributed by atoms with Gasteiger partial charge in [-0.15, -0.1) is 0 Å². The molecule has 9 nitrogen and oxygen atoms in total. The van der Waals surface area contributed by atoms with Crippen molar-refractivity contribution >= 4 is 34.7 Å². The van der Waals surface area contributed by atoms with Gasteiger partial charge in [0.05, 0.1) is 17.9 Å². The topological polar surface area (TPSA) is 155 Å². The summed E-state index contributed by atoms with van der Waals surface area (Å²) in [6.45, 7) is 0. The molecule has 5 rings (SSSR count). The molecule has 2 fully saturated rings. The number of rotatable bonds is 4. The first-order valence-corrected chi connectivity index (χ1v) is 13.0. The number of fused-ring (bicyclic) bond motifs is 3. The smallest absolute Gasteiger partial charge is 0.393 e. The fourth-order valence-electron chi connectivity index (χ4n) is 6.67. The van der Waals surface area contributed by atoms with E-state index in [0.29, 0.717) is 16.8 Å². The van der Waals surface area contributed by atoms with Crippen molar-refractivity contribution in [3.63, 3.8) is 0 Å². The Morgan fingerprint density at radius 2 is 1.71 bits per heavy atom. The van der Waals surface area contributed by atoms with Crippen molar-refractivity contribution in [1.82, 2.24) is 0 Å². The average molecular weight is 573 g/mol. The quantitative estimate of drug-likeness (QED) is 0.471. The van der Waals surface area contributed by atoms with E-state index in [0.717, 1.165) is 0 Å². The van der Waals surface area contributed by atoms with E-state index in [1.807, 2.05) is 0 Å². The number of nitrogens with zero attached hydrogens (tertiary/aromatic N) is 1. The number of hydrogen-bond acceptors (Lipinski definition) is 8. The average Bonchev–Trinajstić information content (AvgIpc) is 2.85. The molecule has 2 aromatic rings. The minimum absolute atomic E-state index is 0.00551. The molecule has 0 bridgehead atoms. The van der Waals surface area contributed by atoms with Gasteiger partial charge in [0.2, 0.25) is 5.91 Å². The number of ketones is 4. The predicted octanol–water partition coefficient (Wildman–Crippen LogP) is 2.16. The second kappa shape index (κ2) is 9.51. The van der Waals surface area contributed by atoms with Gasteiger partial charge in [-0.25, -0.2) is 0 Å². The number of amides is 1. The lowest BCUT2D eigenvalue weighted by Gasteiger charge is -2.48. The third-order valence-corrected chi connectivity index (χ3v) is 8.53. The Hall–Kier alpha value is -4.06. The largest absolute Gasteiger partial charge is 0.507 e. The number of phenolic OH excluding ortho intramolecular Hbond substituents is 1. The van der Waals surface area contributed by atoms with Gasteiger partial charge >= 0.3 is 6.18 Å². The van der Waals surface area contributed by atoms with Crippen molar-refractivity contribution in [1.29, 1.82) is 0 Å².